The zero-order chi connectivity index (χ0) is 17.9. The minimum absolute atomic E-state index is 0.0528. The van der Waals surface area contributed by atoms with Crippen LogP contribution in [0.15, 0.2) is 36.4 Å². The van der Waals surface area contributed by atoms with Crippen LogP contribution in [0.1, 0.15) is 31.1 Å². The monoisotopic (exact) mass is 347 g/mol. The zero-order valence-electron chi connectivity index (χ0n) is 12.3. The van der Waals surface area contributed by atoms with Crippen molar-refractivity contribution in [3.63, 3.8) is 0 Å². The average Bonchev–Trinajstić information content (AvgIpc) is 2.54. The molecule has 24 heavy (non-hydrogen) atoms. The number of carbonyl (C=O) groups excluding carboxylic acids is 3. The molecule has 0 atom stereocenters. The third-order valence-corrected chi connectivity index (χ3v) is 3.30. The SMILES string of the molecule is COc1ccc(Cl)cc1C(=O)Nc1cc(C(=O)[O-])cc(C(=O)[O-])c1. The molecule has 0 spiro atoms. The van der Waals surface area contributed by atoms with Crippen LogP contribution in [-0.2, 0) is 0 Å². The van der Waals surface area contributed by atoms with Crippen molar-refractivity contribution in [2.45, 2.75) is 0 Å². The summed E-state index contributed by atoms with van der Waals surface area (Å²) in [6, 6.07) is 7.38. The lowest BCUT2D eigenvalue weighted by Gasteiger charge is -2.13. The first kappa shape index (κ1) is 17.3. The van der Waals surface area contributed by atoms with E-state index in [1.807, 2.05) is 0 Å². The maximum Gasteiger partial charge on any atom is 0.259 e. The summed E-state index contributed by atoms with van der Waals surface area (Å²) in [6.07, 6.45) is 0. The van der Waals surface area contributed by atoms with Gasteiger partial charge in [-0.2, -0.15) is 0 Å². The Morgan fingerprint density at radius 1 is 1.00 bits per heavy atom. The maximum absolute atomic E-state index is 12.3. The molecule has 0 aromatic heterocycles. The van der Waals surface area contributed by atoms with E-state index in [0.29, 0.717) is 5.02 Å². The summed E-state index contributed by atoms with van der Waals surface area (Å²) in [5.41, 5.74) is -0.781. The quantitative estimate of drug-likeness (QED) is 0.832. The molecule has 1 N–H and O–H groups in total. The lowest BCUT2D eigenvalue weighted by Crippen LogP contribution is -2.26. The van der Waals surface area contributed by atoms with Crippen LogP contribution in [0.25, 0.3) is 0 Å². The molecule has 7 nitrogen and oxygen atoms in total. The fourth-order valence-electron chi connectivity index (χ4n) is 1.99. The van der Waals surface area contributed by atoms with Gasteiger partial charge in [0.2, 0.25) is 0 Å². The Morgan fingerprint density at radius 2 is 1.58 bits per heavy atom. The standard InChI is InChI=1S/C16H12ClNO6/c1-24-13-3-2-10(17)7-12(13)14(19)18-11-5-8(15(20)21)4-9(6-11)16(22)23/h2-7H,1H3,(H,18,19)(H,20,21)(H,22,23)/p-2. The van der Waals surface area contributed by atoms with Gasteiger partial charge in [-0.3, -0.25) is 4.79 Å². The molecule has 0 aliphatic carbocycles. The molecule has 8 heteroatoms. The Morgan fingerprint density at radius 3 is 2.08 bits per heavy atom. The molecule has 0 bridgehead atoms. The highest BCUT2D eigenvalue weighted by molar-refractivity contribution is 6.31. The zero-order valence-corrected chi connectivity index (χ0v) is 13.0. The van der Waals surface area contributed by atoms with Gasteiger partial charge in [0.05, 0.1) is 24.6 Å². The van der Waals surface area contributed by atoms with E-state index in [-0.39, 0.29) is 17.0 Å². The molecule has 0 aliphatic heterocycles. The summed E-state index contributed by atoms with van der Waals surface area (Å²) >= 11 is 5.85. The molecule has 0 aliphatic rings. The van der Waals surface area contributed by atoms with E-state index in [0.717, 1.165) is 18.2 Å². The van der Waals surface area contributed by atoms with Gasteiger partial charge in [0, 0.05) is 10.7 Å². The summed E-state index contributed by atoms with van der Waals surface area (Å²) in [4.78, 5) is 34.2. The number of halogens is 1. The number of ether oxygens (including phenoxy) is 1. The highest BCUT2D eigenvalue weighted by Crippen LogP contribution is 2.24. The van der Waals surface area contributed by atoms with Crippen molar-refractivity contribution in [3.8, 4) is 5.75 Å². The van der Waals surface area contributed by atoms with E-state index in [9.17, 15) is 24.6 Å². The molecule has 2 aromatic carbocycles. The lowest BCUT2D eigenvalue weighted by molar-refractivity contribution is -0.255. The first-order valence-corrected chi connectivity index (χ1v) is 6.92. The number of amides is 1. The van der Waals surface area contributed by atoms with Crippen molar-refractivity contribution in [2.24, 2.45) is 0 Å². The predicted molar refractivity (Wildman–Crippen MR) is 81.1 cm³/mol. The van der Waals surface area contributed by atoms with E-state index in [2.05, 4.69) is 5.32 Å². The topological polar surface area (TPSA) is 119 Å². The summed E-state index contributed by atoms with van der Waals surface area (Å²) in [6.45, 7) is 0. The number of anilines is 1. The number of rotatable bonds is 5. The molecular weight excluding hydrogens is 338 g/mol. The largest absolute Gasteiger partial charge is 0.545 e. The first-order chi connectivity index (χ1) is 11.3. The van der Waals surface area contributed by atoms with Gasteiger partial charge in [-0.15, -0.1) is 0 Å². The van der Waals surface area contributed by atoms with E-state index in [1.165, 1.54) is 25.3 Å². The molecule has 2 aromatic rings. The van der Waals surface area contributed by atoms with E-state index >= 15 is 0 Å². The Balaban J connectivity index is 2.40. The molecular formula is C16H10ClNO6-2. The van der Waals surface area contributed by atoms with E-state index < -0.39 is 29.0 Å². The minimum atomic E-state index is -1.59. The van der Waals surface area contributed by atoms with Gasteiger partial charge < -0.3 is 29.9 Å². The maximum atomic E-state index is 12.3. The summed E-state index contributed by atoms with van der Waals surface area (Å²) < 4.78 is 5.06. The van der Waals surface area contributed by atoms with Crippen LogP contribution in [-0.4, -0.2) is 25.0 Å². The highest BCUT2D eigenvalue weighted by atomic mass is 35.5. The Bertz CT molecular complexity index is 801. The van der Waals surface area contributed by atoms with Gasteiger partial charge in [0.15, 0.2) is 0 Å². The molecule has 124 valence electrons. The van der Waals surface area contributed by atoms with Crippen molar-refractivity contribution < 1.29 is 29.3 Å². The highest BCUT2D eigenvalue weighted by Gasteiger charge is 2.14. The van der Waals surface area contributed by atoms with Gasteiger partial charge in [0.1, 0.15) is 5.75 Å². The van der Waals surface area contributed by atoms with Crippen LogP contribution in [0.3, 0.4) is 0 Å². The van der Waals surface area contributed by atoms with Crippen LogP contribution >= 0.6 is 11.6 Å². The smallest absolute Gasteiger partial charge is 0.259 e. The van der Waals surface area contributed by atoms with Crippen molar-refractivity contribution in [1.82, 2.24) is 0 Å². The van der Waals surface area contributed by atoms with Gasteiger partial charge in [-0.1, -0.05) is 11.6 Å². The Labute approximate surface area is 141 Å². The van der Waals surface area contributed by atoms with E-state index in [1.54, 1.807) is 0 Å². The van der Waals surface area contributed by atoms with Crippen LogP contribution in [0.2, 0.25) is 5.02 Å². The van der Waals surface area contributed by atoms with Crippen molar-refractivity contribution in [2.75, 3.05) is 12.4 Å². The summed E-state index contributed by atoms with van der Waals surface area (Å²) in [7, 11) is 1.37. The molecule has 0 saturated carbocycles. The van der Waals surface area contributed by atoms with Gasteiger partial charge in [-0.25, -0.2) is 0 Å². The van der Waals surface area contributed by atoms with E-state index in [4.69, 9.17) is 16.3 Å². The Hall–Kier alpha value is -3.06. The number of hydrogen-bond donors (Lipinski definition) is 1. The van der Waals surface area contributed by atoms with Crippen LogP contribution in [0, 0.1) is 0 Å². The second-order valence-corrected chi connectivity index (χ2v) is 5.11. The van der Waals surface area contributed by atoms with Gasteiger partial charge in [0.25, 0.3) is 5.91 Å². The number of methoxy groups -OCH3 is 1. The predicted octanol–water partition coefficient (Wildman–Crippen LogP) is 0.328. The van der Waals surface area contributed by atoms with Crippen molar-refractivity contribution >= 4 is 35.1 Å². The number of benzene rings is 2. The second kappa shape index (κ2) is 7.01. The van der Waals surface area contributed by atoms with Crippen LogP contribution < -0.4 is 20.3 Å². The molecule has 2 rings (SSSR count). The molecule has 1 amide bonds. The molecule has 0 radical (unpaired) electrons. The summed E-state index contributed by atoms with van der Waals surface area (Å²) in [5.74, 6) is -3.59. The normalized spacial score (nSPS) is 10.1. The Kier molecular flexibility index (Phi) is 5.05. The summed E-state index contributed by atoms with van der Waals surface area (Å²) in [5, 5.41) is 24.6. The number of aromatic carboxylic acids is 2. The fourth-order valence-corrected chi connectivity index (χ4v) is 2.16. The van der Waals surface area contributed by atoms with Gasteiger partial charge >= 0.3 is 0 Å². The van der Waals surface area contributed by atoms with Crippen molar-refractivity contribution in [3.05, 3.63) is 58.1 Å². The molecule has 0 saturated heterocycles. The van der Waals surface area contributed by atoms with Crippen LogP contribution in [0.4, 0.5) is 5.69 Å². The average molecular weight is 348 g/mol. The van der Waals surface area contributed by atoms with Crippen LogP contribution in [0.5, 0.6) is 5.75 Å². The third-order valence-electron chi connectivity index (χ3n) is 3.07. The molecule has 0 fully saturated rings. The second-order valence-electron chi connectivity index (χ2n) is 4.67. The number of carbonyl (C=O) groups is 3. The first-order valence-electron chi connectivity index (χ1n) is 6.54. The minimum Gasteiger partial charge on any atom is -0.545 e. The molecule has 0 heterocycles. The van der Waals surface area contributed by atoms with Crippen molar-refractivity contribution in [1.29, 1.82) is 0 Å². The fraction of sp³-hybridized carbons (Fsp3) is 0.0625. The number of carboxylic acid groups (broad SMARTS) is 2. The third kappa shape index (κ3) is 3.82. The number of nitrogens with one attached hydrogen (secondary N) is 1. The number of carboxylic acids is 2. The number of hydrogen-bond acceptors (Lipinski definition) is 6. The van der Waals surface area contributed by atoms with Gasteiger partial charge in [-0.05, 0) is 47.5 Å². The molecule has 0 unspecified atom stereocenters. The lowest BCUT2D eigenvalue weighted by atomic mass is 10.1.